The van der Waals surface area contributed by atoms with Gasteiger partial charge >= 0.3 is 11.9 Å². The highest BCUT2D eigenvalue weighted by Gasteiger charge is 2.20. The molecule has 1 aliphatic rings. The van der Waals surface area contributed by atoms with Gasteiger partial charge in [0.2, 0.25) is 0 Å². The highest BCUT2D eigenvalue weighted by atomic mass is 16.5. The second-order valence-electron chi connectivity index (χ2n) is 11.4. The molecule has 0 unspecified atom stereocenters. The zero-order valence-electron chi connectivity index (χ0n) is 26.3. The van der Waals surface area contributed by atoms with Crippen LogP contribution in [0.15, 0.2) is 72.8 Å². The fraction of sp³-hybridized carbons (Fsp3) is 0.316. The Hall–Kier alpha value is -4.98. The van der Waals surface area contributed by atoms with Crippen molar-refractivity contribution in [1.82, 2.24) is 0 Å². The first-order valence-corrected chi connectivity index (χ1v) is 15.6. The van der Waals surface area contributed by atoms with Gasteiger partial charge in [0.15, 0.2) is 0 Å². The summed E-state index contributed by atoms with van der Waals surface area (Å²) in [5.41, 5.74) is 6.57. The number of carbonyl (C=O) groups excluding carboxylic acids is 2. The van der Waals surface area contributed by atoms with Gasteiger partial charge in [0.1, 0.15) is 23.0 Å². The molecule has 0 fully saturated rings. The van der Waals surface area contributed by atoms with E-state index in [1.807, 2.05) is 72.8 Å². The third-order valence-corrected chi connectivity index (χ3v) is 8.28. The van der Waals surface area contributed by atoms with E-state index in [1.54, 1.807) is 0 Å². The molecule has 4 aromatic rings. The summed E-state index contributed by atoms with van der Waals surface area (Å²) in [6.45, 7) is 0.627. The van der Waals surface area contributed by atoms with Gasteiger partial charge in [0, 0.05) is 38.5 Å². The lowest BCUT2D eigenvalue weighted by Gasteiger charge is -2.20. The number of carbonyl (C=O) groups is 2. The Morgan fingerprint density at radius 2 is 0.804 bits per heavy atom. The minimum Gasteiger partial charge on any atom is -0.507 e. The van der Waals surface area contributed by atoms with E-state index in [-0.39, 0.29) is 36.3 Å². The third-order valence-electron chi connectivity index (χ3n) is 8.28. The number of ether oxygens (including phenoxy) is 4. The van der Waals surface area contributed by atoms with Gasteiger partial charge in [-0.05, 0) is 57.3 Å². The number of esters is 2. The van der Waals surface area contributed by atoms with E-state index >= 15 is 0 Å². The Kier molecular flexibility index (Phi) is 10.8. The van der Waals surface area contributed by atoms with Crippen LogP contribution in [0, 0.1) is 0 Å². The number of phenols is 2. The standard InChI is InChI=1S/C38H40O8/c1-43-33(39)17-7-19-45-37-29-13-5-14-30(37)22-26-10-4-12-28(36(26)42)24-32-16-6-15-31(38(32)46-20-8-18-34(40)44-2)23-27-11-3-9-25(21-29)35(27)41/h3-6,9-16,41-42H,7-8,17-24H2,1-2H3. The summed E-state index contributed by atoms with van der Waals surface area (Å²) in [5.74, 6) is 1.20. The number of para-hydroxylation sites is 4. The molecule has 0 amide bonds. The van der Waals surface area contributed by atoms with Gasteiger partial charge in [0.05, 0.1) is 27.4 Å². The third kappa shape index (κ3) is 7.80. The van der Waals surface area contributed by atoms with Gasteiger partial charge < -0.3 is 29.2 Å². The number of methoxy groups -OCH3 is 2. The number of phenolic OH excluding ortho intramolecular Hbond substituents is 2. The molecule has 1 aliphatic carbocycles. The van der Waals surface area contributed by atoms with Gasteiger partial charge in [-0.15, -0.1) is 0 Å². The average molecular weight is 625 g/mol. The first-order valence-electron chi connectivity index (χ1n) is 15.6. The second kappa shape index (κ2) is 15.3. The Morgan fingerprint density at radius 1 is 0.522 bits per heavy atom. The Balaban J connectivity index is 1.56. The first-order chi connectivity index (χ1) is 22.4. The maximum atomic E-state index is 11.7. The SMILES string of the molecule is COC(=O)CCCOc1c2cccc1Cc1cccc(c1O)Cc1cccc(c1OCCCC(=O)OC)Cc1cccc(c1O)C2. The molecule has 0 saturated carbocycles. The highest BCUT2D eigenvalue weighted by molar-refractivity contribution is 5.69. The zero-order valence-corrected chi connectivity index (χ0v) is 26.3. The van der Waals surface area contributed by atoms with E-state index in [0.29, 0.717) is 63.2 Å². The zero-order chi connectivity index (χ0) is 32.5. The van der Waals surface area contributed by atoms with E-state index in [4.69, 9.17) is 18.9 Å². The van der Waals surface area contributed by atoms with Gasteiger partial charge in [-0.25, -0.2) is 0 Å². The monoisotopic (exact) mass is 624 g/mol. The van der Waals surface area contributed by atoms with Crippen molar-refractivity contribution in [1.29, 1.82) is 0 Å². The summed E-state index contributed by atoms with van der Waals surface area (Å²) in [7, 11) is 2.74. The summed E-state index contributed by atoms with van der Waals surface area (Å²) in [6.07, 6.45) is 3.16. The minimum atomic E-state index is -0.290. The van der Waals surface area contributed by atoms with E-state index in [2.05, 4.69) is 0 Å². The molecule has 240 valence electrons. The number of benzene rings is 4. The normalized spacial score (nSPS) is 12.2. The van der Waals surface area contributed by atoms with Crippen LogP contribution in [0.1, 0.15) is 70.2 Å². The minimum absolute atomic E-state index is 0.210. The van der Waals surface area contributed by atoms with Crippen LogP contribution in [-0.2, 0) is 44.7 Å². The van der Waals surface area contributed by atoms with Gasteiger partial charge in [-0.3, -0.25) is 9.59 Å². The molecule has 8 nitrogen and oxygen atoms in total. The number of fused-ring (bicyclic) bond motifs is 8. The van der Waals surface area contributed by atoms with Crippen molar-refractivity contribution < 1.29 is 38.7 Å². The number of hydrogen-bond acceptors (Lipinski definition) is 8. The highest BCUT2D eigenvalue weighted by Crippen LogP contribution is 2.38. The molecule has 2 N–H and O–H groups in total. The van der Waals surface area contributed by atoms with Crippen LogP contribution in [0.4, 0.5) is 0 Å². The molecular formula is C38H40O8. The molecule has 0 aromatic heterocycles. The van der Waals surface area contributed by atoms with Crippen molar-refractivity contribution in [2.45, 2.75) is 51.4 Å². The second-order valence-corrected chi connectivity index (χ2v) is 11.4. The van der Waals surface area contributed by atoms with Crippen LogP contribution >= 0.6 is 0 Å². The molecule has 4 aromatic carbocycles. The van der Waals surface area contributed by atoms with E-state index in [1.165, 1.54) is 14.2 Å². The van der Waals surface area contributed by atoms with E-state index < -0.39 is 0 Å². The van der Waals surface area contributed by atoms with Crippen molar-refractivity contribution in [3.8, 4) is 23.0 Å². The van der Waals surface area contributed by atoms with Crippen LogP contribution < -0.4 is 9.47 Å². The van der Waals surface area contributed by atoms with E-state index in [9.17, 15) is 19.8 Å². The molecule has 0 heterocycles. The number of rotatable bonds is 10. The Morgan fingerprint density at radius 3 is 1.09 bits per heavy atom. The van der Waals surface area contributed by atoms with Crippen molar-refractivity contribution in [3.05, 3.63) is 117 Å². The quantitative estimate of drug-likeness (QED) is 0.135. The molecule has 0 spiro atoms. The van der Waals surface area contributed by atoms with Crippen molar-refractivity contribution in [3.63, 3.8) is 0 Å². The lowest BCUT2D eigenvalue weighted by molar-refractivity contribution is -0.141. The van der Waals surface area contributed by atoms with Crippen molar-refractivity contribution in [2.24, 2.45) is 0 Å². The molecule has 0 radical (unpaired) electrons. The maximum absolute atomic E-state index is 11.7. The predicted molar refractivity (Wildman–Crippen MR) is 174 cm³/mol. The maximum Gasteiger partial charge on any atom is 0.305 e. The molecule has 8 heteroatoms. The van der Waals surface area contributed by atoms with Gasteiger partial charge in [-0.1, -0.05) is 72.8 Å². The smallest absolute Gasteiger partial charge is 0.305 e. The summed E-state index contributed by atoms with van der Waals surface area (Å²) in [5, 5.41) is 23.1. The summed E-state index contributed by atoms with van der Waals surface area (Å²) in [4.78, 5) is 23.4. The topological polar surface area (TPSA) is 112 Å². The van der Waals surface area contributed by atoms with Crippen LogP contribution in [-0.4, -0.2) is 49.6 Å². The molecular weight excluding hydrogens is 584 g/mol. The molecule has 0 aliphatic heterocycles. The van der Waals surface area contributed by atoms with E-state index in [0.717, 1.165) is 44.5 Å². The number of aromatic hydroxyl groups is 2. The van der Waals surface area contributed by atoms with Gasteiger partial charge in [0.25, 0.3) is 0 Å². The van der Waals surface area contributed by atoms with Crippen LogP contribution in [0.3, 0.4) is 0 Å². The Bertz CT molecular complexity index is 1480. The summed E-state index contributed by atoms with van der Waals surface area (Å²) in [6, 6.07) is 23.4. The summed E-state index contributed by atoms with van der Waals surface area (Å²) < 4.78 is 22.2. The lowest BCUT2D eigenvalue weighted by atomic mass is 9.91. The molecule has 8 bridgehead atoms. The predicted octanol–water partition coefficient (Wildman–Crippen LogP) is 6.44. The number of hydrogen-bond donors (Lipinski definition) is 2. The van der Waals surface area contributed by atoms with Gasteiger partial charge in [-0.2, -0.15) is 0 Å². The lowest BCUT2D eigenvalue weighted by Crippen LogP contribution is -2.09. The molecule has 0 atom stereocenters. The van der Waals surface area contributed by atoms with Crippen molar-refractivity contribution in [2.75, 3.05) is 27.4 Å². The molecule has 0 saturated heterocycles. The van der Waals surface area contributed by atoms with Crippen LogP contribution in [0.2, 0.25) is 0 Å². The average Bonchev–Trinajstić information content (AvgIpc) is 3.06. The fourth-order valence-corrected chi connectivity index (χ4v) is 5.87. The Labute approximate surface area is 269 Å². The largest absolute Gasteiger partial charge is 0.507 e. The first kappa shape index (κ1) is 32.4. The van der Waals surface area contributed by atoms with Crippen LogP contribution in [0.25, 0.3) is 0 Å². The fourth-order valence-electron chi connectivity index (χ4n) is 5.87. The van der Waals surface area contributed by atoms with Crippen LogP contribution in [0.5, 0.6) is 23.0 Å². The molecule has 46 heavy (non-hydrogen) atoms. The molecule has 5 rings (SSSR count). The summed E-state index contributed by atoms with van der Waals surface area (Å²) >= 11 is 0. The van der Waals surface area contributed by atoms with Crippen molar-refractivity contribution >= 4 is 11.9 Å².